The molecule has 86 valence electrons. The molecule has 0 fully saturated rings. The SMILES string of the molecule is CCn1ncnc1CNCC(Cl)COC. The van der Waals surface area contributed by atoms with E-state index >= 15 is 0 Å². The molecule has 0 spiro atoms. The summed E-state index contributed by atoms with van der Waals surface area (Å²) in [6, 6.07) is 0. The Kier molecular flexibility index (Phi) is 5.60. The Morgan fingerprint density at radius 3 is 3.13 bits per heavy atom. The zero-order valence-corrected chi connectivity index (χ0v) is 9.87. The molecule has 0 saturated heterocycles. The van der Waals surface area contributed by atoms with Crippen LogP contribution in [0.2, 0.25) is 0 Å². The number of halogens is 1. The number of aryl methyl sites for hydroxylation is 1. The number of ether oxygens (including phenoxy) is 1. The van der Waals surface area contributed by atoms with Gasteiger partial charge in [0.15, 0.2) is 0 Å². The molecule has 0 saturated carbocycles. The number of alkyl halides is 1. The molecule has 0 aliphatic rings. The highest BCUT2D eigenvalue weighted by Crippen LogP contribution is 1.96. The molecule has 6 heteroatoms. The molecule has 5 nitrogen and oxygen atoms in total. The third-order valence-corrected chi connectivity index (χ3v) is 2.27. The van der Waals surface area contributed by atoms with E-state index in [1.165, 1.54) is 0 Å². The Bertz CT molecular complexity index is 279. The largest absolute Gasteiger partial charge is 0.383 e. The molecule has 0 aromatic carbocycles. The van der Waals surface area contributed by atoms with Crippen LogP contribution in [0.1, 0.15) is 12.7 Å². The van der Waals surface area contributed by atoms with E-state index in [0.29, 0.717) is 19.7 Å². The van der Waals surface area contributed by atoms with Crippen molar-refractivity contribution in [1.29, 1.82) is 0 Å². The third-order valence-electron chi connectivity index (χ3n) is 1.99. The van der Waals surface area contributed by atoms with Crippen molar-refractivity contribution in [2.45, 2.75) is 25.4 Å². The van der Waals surface area contributed by atoms with E-state index in [4.69, 9.17) is 16.3 Å². The highest BCUT2D eigenvalue weighted by atomic mass is 35.5. The predicted octanol–water partition coefficient (Wildman–Crippen LogP) is 0.641. The van der Waals surface area contributed by atoms with E-state index < -0.39 is 0 Å². The van der Waals surface area contributed by atoms with Gasteiger partial charge in [0.1, 0.15) is 12.2 Å². The molecule has 1 unspecified atom stereocenters. The lowest BCUT2D eigenvalue weighted by molar-refractivity contribution is 0.196. The lowest BCUT2D eigenvalue weighted by atomic mass is 10.4. The van der Waals surface area contributed by atoms with Crippen LogP contribution in [-0.2, 0) is 17.8 Å². The van der Waals surface area contributed by atoms with Crippen molar-refractivity contribution in [3.63, 3.8) is 0 Å². The summed E-state index contributed by atoms with van der Waals surface area (Å²) in [4.78, 5) is 4.14. The van der Waals surface area contributed by atoms with Crippen molar-refractivity contribution in [3.05, 3.63) is 12.2 Å². The summed E-state index contributed by atoms with van der Waals surface area (Å²) >= 11 is 5.96. The molecule has 1 aromatic rings. The van der Waals surface area contributed by atoms with Gasteiger partial charge in [-0.15, -0.1) is 11.6 Å². The van der Waals surface area contributed by atoms with Crippen molar-refractivity contribution >= 4 is 11.6 Å². The maximum Gasteiger partial charge on any atom is 0.140 e. The lowest BCUT2D eigenvalue weighted by Crippen LogP contribution is -2.27. The summed E-state index contributed by atoms with van der Waals surface area (Å²) in [5.74, 6) is 0.929. The minimum atomic E-state index is -0.00648. The quantitative estimate of drug-likeness (QED) is 0.702. The average Bonchev–Trinajstić information content (AvgIpc) is 2.66. The molecule has 1 atom stereocenters. The minimum absolute atomic E-state index is 0.00648. The van der Waals surface area contributed by atoms with Crippen molar-refractivity contribution in [3.8, 4) is 0 Å². The van der Waals surface area contributed by atoms with Crippen LogP contribution in [0.4, 0.5) is 0 Å². The van der Waals surface area contributed by atoms with Gasteiger partial charge in [0, 0.05) is 20.2 Å². The number of methoxy groups -OCH3 is 1. The summed E-state index contributed by atoms with van der Waals surface area (Å²) in [7, 11) is 1.64. The summed E-state index contributed by atoms with van der Waals surface area (Å²) in [6.07, 6.45) is 1.56. The van der Waals surface area contributed by atoms with Gasteiger partial charge in [0.2, 0.25) is 0 Å². The molecule has 0 radical (unpaired) electrons. The summed E-state index contributed by atoms with van der Waals surface area (Å²) in [5, 5.41) is 7.28. The Morgan fingerprint density at radius 2 is 2.47 bits per heavy atom. The Balaban J connectivity index is 2.25. The normalized spacial score (nSPS) is 13.0. The van der Waals surface area contributed by atoms with Gasteiger partial charge in [-0.2, -0.15) is 5.10 Å². The fraction of sp³-hybridized carbons (Fsp3) is 0.778. The van der Waals surface area contributed by atoms with E-state index in [-0.39, 0.29) is 5.38 Å². The first-order valence-corrected chi connectivity index (χ1v) is 5.42. The first-order chi connectivity index (χ1) is 7.27. The fourth-order valence-electron chi connectivity index (χ4n) is 1.27. The van der Waals surface area contributed by atoms with Crippen LogP contribution in [-0.4, -0.2) is 40.4 Å². The Hall–Kier alpha value is -0.650. The molecule has 1 rings (SSSR count). The number of nitrogens with zero attached hydrogens (tertiary/aromatic N) is 3. The van der Waals surface area contributed by atoms with Gasteiger partial charge in [-0.25, -0.2) is 9.67 Å². The number of nitrogens with one attached hydrogen (secondary N) is 1. The average molecular weight is 233 g/mol. The van der Waals surface area contributed by atoms with Gasteiger partial charge < -0.3 is 10.1 Å². The van der Waals surface area contributed by atoms with Crippen LogP contribution < -0.4 is 5.32 Å². The molecule has 15 heavy (non-hydrogen) atoms. The second kappa shape index (κ2) is 6.76. The topological polar surface area (TPSA) is 52.0 Å². The van der Waals surface area contributed by atoms with E-state index in [0.717, 1.165) is 12.4 Å². The summed E-state index contributed by atoms with van der Waals surface area (Å²) in [6.45, 7) is 4.80. The Morgan fingerprint density at radius 1 is 1.67 bits per heavy atom. The maximum absolute atomic E-state index is 5.96. The first kappa shape index (κ1) is 12.4. The van der Waals surface area contributed by atoms with Crippen LogP contribution in [0.25, 0.3) is 0 Å². The van der Waals surface area contributed by atoms with Gasteiger partial charge in [-0.3, -0.25) is 0 Å². The predicted molar refractivity (Wildman–Crippen MR) is 58.9 cm³/mol. The molecule has 0 aliphatic heterocycles. The first-order valence-electron chi connectivity index (χ1n) is 4.98. The number of rotatable bonds is 7. The zero-order valence-electron chi connectivity index (χ0n) is 9.11. The molecule has 0 amide bonds. The minimum Gasteiger partial charge on any atom is -0.383 e. The summed E-state index contributed by atoms with van der Waals surface area (Å²) < 4.78 is 6.78. The molecular weight excluding hydrogens is 216 g/mol. The molecule has 1 N–H and O–H groups in total. The van der Waals surface area contributed by atoms with Gasteiger partial charge in [-0.05, 0) is 6.92 Å². The van der Waals surface area contributed by atoms with Crippen LogP contribution in [0.15, 0.2) is 6.33 Å². The highest BCUT2D eigenvalue weighted by molar-refractivity contribution is 6.20. The van der Waals surface area contributed by atoms with E-state index in [9.17, 15) is 0 Å². The zero-order chi connectivity index (χ0) is 11.1. The highest BCUT2D eigenvalue weighted by Gasteiger charge is 2.05. The van der Waals surface area contributed by atoms with Crippen molar-refractivity contribution in [2.75, 3.05) is 20.3 Å². The van der Waals surface area contributed by atoms with Crippen LogP contribution in [0.3, 0.4) is 0 Å². The van der Waals surface area contributed by atoms with Gasteiger partial charge in [0.25, 0.3) is 0 Å². The Labute approximate surface area is 94.8 Å². The lowest BCUT2D eigenvalue weighted by Gasteiger charge is -2.09. The maximum atomic E-state index is 5.96. The summed E-state index contributed by atoms with van der Waals surface area (Å²) in [5.41, 5.74) is 0. The van der Waals surface area contributed by atoms with Crippen LogP contribution in [0.5, 0.6) is 0 Å². The van der Waals surface area contributed by atoms with Gasteiger partial charge >= 0.3 is 0 Å². The molecular formula is C9H17ClN4O. The molecule has 1 aromatic heterocycles. The fourth-order valence-corrected chi connectivity index (χ4v) is 1.50. The van der Waals surface area contributed by atoms with E-state index in [1.807, 2.05) is 11.6 Å². The molecule has 0 aliphatic carbocycles. The van der Waals surface area contributed by atoms with Crippen molar-refractivity contribution in [1.82, 2.24) is 20.1 Å². The van der Waals surface area contributed by atoms with Gasteiger partial charge in [0.05, 0.1) is 18.5 Å². The van der Waals surface area contributed by atoms with Crippen LogP contribution >= 0.6 is 11.6 Å². The monoisotopic (exact) mass is 232 g/mol. The number of hydrogen-bond donors (Lipinski definition) is 1. The second-order valence-electron chi connectivity index (χ2n) is 3.18. The number of hydrogen-bond acceptors (Lipinski definition) is 4. The number of aromatic nitrogens is 3. The molecule has 0 bridgehead atoms. The van der Waals surface area contributed by atoms with Crippen molar-refractivity contribution in [2.24, 2.45) is 0 Å². The standard InChI is InChI=1S/C9H17ClN4O/c1-3-14-9(12-7-13-14)5-11-4-8(10)6-15-2/h7-8,11H,3-6H2,1-2H3. The second-order valence-corrected chi connectivity index (χ2v) is 3.79. The van der Waals surface area contributed by atoms with Crippen molar-refractivity contribution < 1.29 is 4.74 Å². The van der Waals surface area contributed by atoms with E-state index in [2.05, 4.69) is 15.4 Å². The smallest absolute Gasteiger partial charge is 0.140 e. The van der Waals surface area contributed by atoms with E-state index in [1.54, 1.807) is 13.4 Å². The van der Waals surface area contributed by atoms with Crippen LogP contribution in [0, 0.1) is 0 Å². The third kappa shape index (κ3) is 4.15. The van der Waals surface area contributed by atoms with Gasteiger partial charge in [-0.1, -0.05) is 0 Å². The molecule has 1 heterocycles.